The zero-order valence-corrected chi connectivity index (χ0v) is 11.1. The first kappa shape index (κ1) is 15.0. The molecule has 0 saturated carbocycles. The molecule has 1 aromatic carbocycles. The van der Waals surface area contributed by atoms with Crippen molar-refractivity contribution in [2.24, 2.45) is 0 Å². The van der Waals surface area contributed by atoms with E-state index in [0.717, 1.165) is 0 Å². The van der Waals surface area contributed by atoms with Crippen LogP contribution in [0.3, 0.4) is 0 Å². The van der Waals surface area contributed by atoms with Crippen LogP contribution in [0.1, 0.15) is 10.4 Å². The van der Waals surface area contributed by atoms with Gasteiger partial charge in [0.1, 0.15) is 11.6 Å². The topological polar surface area (TPSA) is 115 Å². The minimum atomic E-state index is -1.08. The number of aromatic carboxylic acids is 1. The molecule has 5 N–H and O–H groups in total. The van der Waals surface area contributed by atoms with Crippen LogP contribution < -0.4 is 11.5 Å². The first-order chi connectivity index (χ1) is 8.50. The lowest BCUT2D eigenvalue weighted by Gasteiger charge is -2.10. The average molecular weight is 301 g/mol. The molecule has 6 nitrogen and oxygen atoms in total. The van der Waals surface area contributed by atoms with Gasteiger partial charge in [-0.15, -0.1) is 12.4 Å². The van der Waals surface area contributed by atoms with Gasteiger partial charge >= 0.3 is 5.97 Å². The number of nitrogens with two attached hydrogens (primary N) is 2. The highest BCUT2D eigenvalue weighted by Crippen LogP contribution is 2.32. The lowest BCUT2D eigenvalue weighted by Crippen LogP contribution is -2.06. The predicted molar refractivity (Wildman–Crippen MR) is 75.5 cm³/mol. The number of benzene rings is 1. The summed E-state index contributed by atoms with van der Waals surface area (Å²) in [6.45, 7) is 0. The monoisotopic (exact) mass is 300 g/mol. The van der Waals surface area contributed by atoms with Gasteiger partial charge < -0.3 is 16.6 Å². The number of hydrogen-bond acceptors (Lipinski definition) is 5. The van der Waals surface area contributed by atoms with Crippen LogP contribution in [-0.4, -0.2) is 21.0 Å². The number of anilines is 2. The number of carboxylic acids is 1. The van der Waals surface area contributed by atoms with Gasteiger partial charge in [-0.3, -0.25) is 0 Å². The smallest absolute Gasteiger partial charge is 0.336 e. The van der Waals surface area contributed by atoms with Crippen molar-refractivity contribution >= 4 is 41.6 Å². The van der Waals surface area contributed by atoms with Gasteiger partial charge in [0.15, 0.2) is 0 Å². The van der Waals surface area contributed by atoms with Crippen LogP contribution >= 0.6 is 24.0 Å². The van der Waals surface area contributed by atoms with Gasteiger partial charge in [-0.25, -0.2) is 14.8 Å². The number of nitrogens with zero attached hydrogens (tertiary/aromatic N) is 2. The Hall–Kier alpha value is -2.05. The maximum atomic E-state index is 11.1. The van der Waals surface area contributed by atoms with Crippen molar-refractivity contribution in [1.82, 2.24) is 9.97 Å². The molecule has 0 fully saturated rings. The fourth-order valence-electron chi connectivity index (χ4n) is 1.63. The van der Waals surface area contributed by atoms with Crippen molar-refractivity contribution in [1.29, 1.82) is 0 Å². The Kier molecular flexibility index (Phi) is 4.52. The van der Waals surface area contributed by atoms with Gasteiger partial charge in [-0.05, 0) is 17.7 Å². The van der Waals surface area contributed by atoms with E-state index in [1.54, 1.807) is 18.2 Å². The molecule has 0 aliphatic heterocycles. The molecule has 0 unspecified atom stereocenters. The molecule has 2 aromatic rings. The van der Waals surface area contributed by atoms with Gasteiger partial charge in [0.2, 0.25) is 5.28 Å². The maximum absolute atomic E-state index is 11.1. The summed E-state index contributed by atoms with van der Waals surface area (Å²) in [4.78, 5) is 18.7. The Morgan fingerprint density at radius 3 is 2.21 bits per heavy atom. The van der Waals surface area contributed by atoms with Gasteiger partial charge in [0.25, 0.3) is 0 Å². The van der Waals surface area contributed by atoms with E-state index in [4.69, 9.17) is 28.2 Å². The van der Waals surface area contributed by atoms with E-state index < -0.39 is 5.97 Å². The average Bonchev–Trinajstić information content (AvgIpc) is 2.28. The van der Waals surface area contributed by atoms with Gasteiger partial charge in [0, 0.05) is 5.56 Å². The van der Waals surface area contributed by atoms with Crippen LogP contribution in [-0.2, 0) is 0 Å². The van der Waals surface area contributed by atoms with E-state index in [0.29, 0.717) is 5.56 Å². The largest absolute Gasteiger partial charge is 0.478 e. The van der Waals surface area contributed by atoms with Crippen LogP contribution in [0, 0.1) is 0 Å². The summed E-state index contributed by atoms with van der Waals surface area (Å²) in [6.07, 6.45) is 0. The Bertz CT molecular complexity index is 611. The number of hydrogen-bond donors (Lipinski definition) is 3. The summed E-state index contributed by atoms with van der Waals surface area (Å²) < 4.78 is 0. The quantitative estimate of drug-likeness (QED) is 0.731. The lowest BCUT2D eigenvalue weighted by atomic mass is 10.0. The van der Waals surface area contributed by atoms with Crippen molar-refractivity contribution in [3.05, 3.63) is 35.1 Å². The van der Waals surface area contributed by atoms with Crippen LogP contribution in [0.15, 0.2) is 24.3 Å². The number of halogens is 2. The first-order valence-electron chi connectivity index (χ1n) is 4.92. The molecule has 0 bridgehead atoms. The summed E-state index contributed by atoms with van der Waals surface area (Å²) in [5.74, 6) is -0.998. The SMILES string of the molecule is Cl.Nc1nc(Cl)nc(N)c1-c1ccccc1C(=O)O. The van der Waals surface area contributed by atoms with Crippen molar-refractivity contribution < 1.29 is 9.90 Å². The molecule has 19 heavy (non-hydrogen) atoms. The molecule has 0 aliphatic rings. The van der Waals surface area contributed by atoms with Crippen LogP contribution in [0.4, 0.5) is 11.6 Å². The summed E-state index contributed by atoms with van der Waals surface area (Å²) in [6, 6.07) is 6.32. The Morgan fingerprint density at radius 2 is 1.68 bits per heavy atom. The molecule has 1 heterocycles. The third-order valence-electron chi connectivity index (χ3n) is 2.36. The zero-order valence-electron chi connectivity index (χ0n) is 9.50. The second-order valence-electron chi connectivity index (χ2n) is 3.49. The van der Waals surface area contributed by atoms with Crippen molar-refractivity contribution in [2.45, 2.75) is 0 Å². The molecule has 0 aliphatic carbocycles. The summed E-state index contributed by atoms with van der Waals surface area (Å²) >= 11 is 5.61. The van der Waals surface area contributed by atoms with Gasteiger partial charge in [-0.1, -0.05) is 18.2 Å². The molecular formula is C11H10Cl2N4O2. The molecule has 0 radical (unpaired) electrons. The van der Waals surface area contributed by atoms with Crippen molar-refractivity contribution in [3.8, 4) is 11.1 Å². The third-order valence-corrected chi connectivity index (χ3v) is 2.53. The van der Waals surface area contributed by atoms with E-state index in [1.807, 2.05) is 0 Å². The standard InChI is InChI=1S/C11H9ClN4O2.ClH/c12-11-15-8(13)7(9(14)16-11)5-3-1-2-4-6(5)10(17)18;/h1-4H,(H,17,18)(H4,13,14,15,16);1H. The Morgan fingerprint density at radius 1 is 1.16 bits per heavy atom. The van der Waals surface area contributed by atoms with E-state index >= 15 is 0 Å². The molecule has 0 spiro atoms. The highest BCUT2D eigenvalue weighted by Gasteiger charge is 2.17. The second-order valence-corrected chi connectivity index (χ2v) is 3.83. The fraction of sp³-hybridized carbons (Fsp3) is 0. The molecule has 0 saturated heterocycles. The van der Waals surface area contributed by atoms with Crippen molar-refractivity contribution in [3.63, 3.8) is 0 Å². The minimum absolute atomic E-state index is 0. The number of aromatic nitrogens is 2. The molecule has 8 heteroatoms. The molecule has 2 rings (SSSR count). The van der Waals surface area contributed by atoms with Crippen LogP contribution in [0.2, 0.25) is 5.28 Å². The predicted octanol–water partition coefficient (Wildman–Crippen LogP) is 2.08. The maximum Gasteiger partial charge on any atom is 0.336 e. The minimum Gasteiger partial charge on any atom is -0.478 e. The molecule has 100 valence electrons. The lowest BCUT2D eigenvalue weighted by molar-refractivity contribution is 0.0698. The number of carbonyl (C=O) groups is 1. The first-order valence-corrected chi connectivity index (χ1v) is 5.29. The number of carboxylic acid groups (broad SMARTS) is 1. The molecular weight excluding hydrogens is 291 g/mol. The number of rotatable bonds is 2. The van der Waals surface area contributed by atoms with Gasteiger partial charge in [0.05, 0.1) is 11.1 Å². The highest BCUT2D eigenvalue weighted by molar-refractivity contribution is 6.28. The summed E-state index contributed by atoms with van der Waals surface area (Å²) in [5.41, 5.74) is 12.1. The van der Waals surface area contributed by atoms with E-state index in [2.05, 4.69) is 9.97 Å². The summed E-state index contributed by atoms with van der Waals surface area (Å²) in [7, 11) is 0. The second kappa shape index (κ2) is 5.73. The van der Waals surface area contributed by atoms with Crippen molar-refractivity contribution in [2.75, 3.05) is 11.5 Å². The molecule has 0 atom stereocenters. The van der Waals surface area contributed by atoms with E-state index in [-0.39, 0.29) is 40.5 Å². The fourth-order valence-corrected chi connectivity index (χ4v) is 1.81. The van der Waals surface area contributed by atoms with Crippen LogP contribution in [0.25, 0.3) is 11.1 Å². The number of nitrogen functional groups attached to an aromatic ring is 2. The Balaban J connectivity index is 0.00000180. The molecule has 1 aromatic heterocycles. The highest BCUT2D eigenvalue weighted by atomic mass is 35.5. The Labute approximate surface area is 119 Å². The molecule has 0 amide bonds. The van der Waals surface area contributed by atoms with E-state index in [1.165, 1.54) is 6.07 Å². The summed E-state index contributed by atoms with van der Waals surface area (Å²) in [5, 5.41) is 9.03. The van der Waals surface area contributed by atoms with E-state index in [9.17, 15) is 4.79 Å². The van der Waals surface area contributed by atoms with Gasteiger partial charge in [-0.2, -0.15) is 0 Å². The third kappa shape index (κ3) is 2.86. The normalized spacial score (nSPS) is 9.74. The van der Waals surface area contributed by atoms with Crippen LogP contribution in [0.5, 0.6) is 0 Å². The zero-order chi connectivity index (χ0) is 13.3.